The summed E-state index contributed by atoms with van der Waals surface area (Å²) in [6, 6.07) is 0.887. The number of hydrogen-bond acceptors (Lipinski definition) is 3. The Morgan fingerprint density at radius 2 is 1.48 bits per heavy atom. The van der Waals surface area contributed by atoms with Crippen LogP contribution in [-0.2, 0) is 9.80 Å². The van der Waals surface area contributed by atoms with Crippen molar-refractivity contribution in [3.63, 3.8) is 0 Å². The molecule has 0 N–H and O–H groups in total. The van der Waals surface area contributed by atoms with E-state index in [1.807, 2.05) is 0 Å². The first kappa shape index (κ1) is 28.5. The third kappa shape index (κ3) is 4.72. The average Bonchev–Trinajstić information content (AvgIpc) is 2.89. The summed E-state index contributed by atoms with van der Waals surface area (Å²) in [5.41, 5.74) is 0. The van der Waals surface area contributed by atoms with Crippen molar-refractivity contribution in [2.45, 2.75) is 42.3 Å². The molecule has 6 atom stereocenters. The number of halogens is 9. The molecule has 6 unspecified atom stereocenters. The number of nitrogens with zero attached hydrogens (tertiary/aromatic N) is 4. The van der Waals surface area contributed by atoms with Crippen LogP contribution in [0.25, 0.3) is 15.1 Å². The molecule has 1 rings (SSSR count). The van der Waals surface area contributed by atoms with Gasteiger partial charge >= 0.3 is 35.4 Å². The third-order valence-electron chi connectivity index (χ3n) is 4.41. The van der Waals surface area contributed by atoms with Gasteiger partial charge in [-0.05, 0) is 15.7 Å². The number of alkyl halides is 9. The van der Waals surface area contributed by atoms with E-state index < -0.39 is 51.1 Å². The third-order valence-corrected chi connectivity index (χ3v) is 5.45. The lowest BCUT2D eigenvalue weighted by atomic mass is 9.92. The Morgan fingerprint density at radius 1 is 1.06 bits per heavy atom. The van der Waals surface area contributed by atoms with Gasteiger partial charge in [-0.1, -0.05) is 12.8 Å². The van der Waals surface area contributed by atoms with Gasteiger partial charge in [-0.15, -0.1) is 0 Å². The predicted octanol–water partition coefficient (Wildman–Crippen LogP) is 3.87. The van der Waals surface area contributed by atoms with Crippen molar-refractivity contribution in [1.82, 2.24) is 0 Å². The zero-order chi connectivity index (χ0) is 25.2. The molecule has 16 heteroatoms. The molecule has 1 aliphatic rings. The Bertz CT molecular complexity index is 913. The molecule has 0 aromatic heterocycles. The molecule has 0 aliphatic heterocycles. The Labute approximate surface area is 170 Å². The lowest BCUT2D eigenvalue weighted by Gasteiger charge is -2.36. The van der Waals surface area contributed by atoms with Gasteiger partial charge in [0.05, 0.1) is 6.07 Å². The summed E-state index contributed by atoms with van der Waals surface area (Å²) in [5, 5.41) is 11.2. The van der Waals surface area contributed by atoms with Gasteiger partial charge < -0.3 is 19.7 Å². The lowest BCUT2D eigenvalue weighted by Crippen LogP contribution is -2.63. The molecule has 174 valence electrons. The summed E-state index contributed by atoms with van der Waals surface area (Å²) in [6.45, 7) is 15.7. The number of hydrogen-bond donors (Lipinski definition) is 0. The molecule has 6 nitrogen and oxygen atoms in total. The molecule has 0 spiro atoms. The van der Waals surface area contributed by atoms with E-state index in [1.54, 1.807) is 6.92 Å². The van der Waals surface area contributed by atoms with E-state index in [9.17, 15) is 48.3 Å². The molecular weight excluding hydrogens is 471 g/mol. The van der Waals surface area contributed by atoms with Gasteiger partial charge in [0.25, 0.3) is 0 Å². The van der Waals surface area contributed by atoms with Gasteiger partial charge in [0.15, 0.2) is 0 Å². The first-order valence-electron chi connectivity index (χ1n) is 7.59. The standard InChI is InChI=1S/C10H9N4.C5H3F9O2S/c1-6-7(4-11)9(13-2)10(14-3)8(6)5-12;1-17(15,16)5(13,14)3(8,9)2(6,7)4(10,11)12/h4,6-10H,1H3;1H2,(H,15,16)/q-1;/p-1. The van der Waals surface area contributed by atoms with Crippen molar-refractivity contribution >= 4 is 21.9 Å². The van der Waals surface area contributed by atoms with Crippen molar-refractivity contribution in [1.29, 1.82) is 5.26 Å². The highest BCUT2D eigenvalue weighted by Crippen LogP contribution is 2.54. The topological polar surface area (TPSA) is 94.9 Å². The van der Waals surface area contributed by atoms with Crippen molar-refractivity contribution in [2.24, 2.45) is 17.8 Å². The van der Waals surface area contributed by atoms with E-state index in [1.165, 1.54) is 5.87 Å². The molecule has 31 heavy (non-hydrogen) atoms. The zero-order valence-corrected chi connectivity index (χ0v) is 15.9. The molecule has 0 heterocycles. The van der Waals surface area contributed by atoms with Crippen molar-refractivity contribution < 1.29 is 48.3 Å². The maximum absolute atomic E-state index is 12.4. The van der Waals surface area contributed by atoms with Gasteiger partial charge in [-0.3, -0.25) is 4.21 Å². The molecule has 0 radical (unpaired) electrons. The Morgan fingerprint density at radius 3 is 1.74 bits per heavy atom. The monoisotopic (exact) mass is 482 g/mol. The van der Waals surface area contributed by atoms with E-state index in [0.29, 0.717) is 0 Å². The minimum absolute atomic E-state index is 0.122. The van der Waals surface area contributed by atoms with E-state index in [0.717, 1.165) is 6.21 Å². The fourth-order valence-corrected chi connectivity index (χ4v) is 3.11. The number of nitriles is 1. The second kappa shape index (κ2) is 8.93. The van der Waals surface area contributed by atoms with Crippen LogP contribution in [0.4, 0.5) is 39.5 Å². The van der Waals surface area contributed by atoms with Gasteiger partial charge in [0.1, 0.15) is 5.92 Å². The van der Waals surface area contributed by atoms with Gasteiger partial charge in [0, 0.05) is 5.92 Å². The smallest absolute Gasteiger partial charge is 0.460 e. The molecule has 1 saturated carbocycles. The Balaban J connectivity index is 0.000000590. The lowest BCUT2D eigenvalue weighted by molar-refractivity contribution is -0.382. The van der Waals surface area contributed by atoms with Gasteiger partial charge in [0.2, 0.25) is 0 Å². The Hall–Kier alpha value is -2.51. The van der Waals surface area contributed by atoms with Crippen molar-refractivity contribution in [3.8, 4) is 6.07 Å². The SMILES string of the molecule is C=S(=O)([O-])C(F)(F)C(F)(F)C(F)(F)C(F)(F)F.[C-]#[N+]C1C(C#N)C(C)C(C=[N-])C1[N+]#[C-]. The minimum Gasteiger partial charge on any atom is -0.814 e. The van der Waals surface area contributed by atoms with Crippen LogP contribution in [0.2, 0.25) is 0 Å². The van der Waals surface area contributed by atoms with E-state index >= 15 is 0 Å². The van der Waals surface area contributed by atoms with Crippen LogP contribution in [0, 0.1) is 42.2 Å². The summed E-state index contributed by atoms with van der Waals surface area (Å²) in [4.78, 5) is 6.66. The maximum atomic E-state index is 12.4. The van der Waals surface area contributed by atoms with Crippen LogP contribution in [-0.4, -0.2) is 56.2 Å². The van der Waals surface area contributed by atoms with Crippen LogP contribution in [0.15, 0.2) is 0 Å². The summed E-state index contributed by atoms with van der Waals surface area (Å²) in [5.74, 6) is -13.9. The van der Waals surface area contributed by atoms with Crippen molar-refractivity contribution in [2.75, 3.05) is 0 Å². The van der Waals surface area contributed by atoms with E-state index in [-0.39, 0.29) is 11.8 Å². The Kier molecular flexibility index (Phi) is 8.20. The summed E-state index contributed by atoms with van der Waals surface area (Å²) in [7, 11) is -6.42. The normalized spacial score (nSPS) is 28.7. The largest absolute Gasteiger partial charge is 0.814 e. The summed E-state index contributed by atoms with van der Waals surface area (Å²) in [6.07, 6.45) is -6.09. The highest BCUT2D eigenvalue weighted by molar-refractivity contribution is 7.96. The van der Waals surface area contributed by atoms with Crippen LogP contribution in [0.1, 0.15) is 6.92 Å². The maximum Gasteiger partial charge on any atom is 0.460 e. The van der Waals surface area contributed by atoms with Gasteiger partial charge in [-0.25, -0.2) is 19.4 Å². The fourth-order valence-electron chi connectivity index (χ4n) is 2.59. The molecule has 0 aromatic rings. The highest BCUT2D eigenvalue weighted by Gasteiger charge is 2.82. The quantitative estimate of drug-likeness (QED) is 0.264. The average molecular weight is 482 g/mol. The molecule has 0 amide bonds. The van der Waals surface area contributed by atoms with E-state index in [4.69, 9.17) is 23.8 Å². The first-order valence-corrected chi connectivity index (χ1v) is 9.24. The molecule has 0 aromatic carbocycles. The number of rotatable bonds is 4. The zero-order valence-electron chi connectivity index (χ0n) is 15.1. The van der Waals surface area contributed by atoms with Crippen LogP contribution >= 0.6 is 0 Å². The van der Waals surface area contributed by atoms with Crippen LogP contribution in [0.3, 0.4) is 0 Å². The predicted molar refractivity (Wildman–Crippen MR) is 88.9 cm³/mol. The molecule has 1 fully saturated rings. The minimum atomic E-state index is -7.23. The molecular formula is C15H11F9N4O2S-2. The highest BCUT2D eigenvalue weighted by atomic mass is 32.2. The first-order chi connectivity index (χ1) is 13.7. The summed E-state index contributed by atoms with van der Waals surface area (Å²) < 4.78 is 128. The van der Waals surface area contributed by atoms with Gasteiger partial charge in [-0.2, -0.15) is 44.8 Å². The van der Waals surface area contributed by atoms with Crippen LogP contribution in [0.5, 0.6) is 0 Å². The molecule has 1 aliphatic carbocycles. The van der Waals surface area contributed by atoms with Crippen LogP contribution < -0.4 is 0 Å². The molecule has 0 bridgehead atoms. The second-order valence-corrected chi connectivity index (χ2v) is 8.00. The second-order valence-electron chi connectivity index (χ2n) is 6.26. The van der Waals surface area contributed by atoms with Crippen molar-refractivity contribution in [3.05, 3.63) is 28.2 Å². The van der Waals surface area contributed by atoms with E-state index in [2.05, 4.69) is 15.8 Å². The molecule has 0 saturated heterocycles. The summed E-state index contributed by atoms with van der Waals surface area (Å²) >= 11 is 0. The fraction of sp³-hybridized carbons (Fsp3) is 0.667.